The van der Waals surface area contributed by atoms with Crippen molar-refractivity contribution in [3.8, 4) is 0 Å². The molecule has 0 saturated carbocycles. The van der Waals surface area contributed by atoms with Gasteiger partial charge in [-0.3, -0.25) is 5.10 Å². The highest BCUT2D eigenvalue weighted by atomic mass is 16.5. The Morgan fingerprint density at radius 3 is 3.12 bits per heavy atom. The van der Waals surface area contributed by atoms with E-state index in [0.29, 0.717) is 25.4 Å². The predicted molar refractivity (Wildman–Crippen MR) is 93.4 cm³/mol. The molecule has 0 aliphatic carbocycles. The number of urea groups is 1. The molecular formula is C17H20N6O2. The lowest BCUT2D eigenvalue weighted by Gasteiger charge is -2.35. The molecule has 1 unspecified atom stereocenters. The number of ether oxygens (including phenoxy) is 1. The van der Waals surface area contributed by atoms with Crippen molar-refractivity contribution in [1.29, 1.82) is 0 Å². The van der Waals surface area contributed by atoms with Crippen LogP contribution in [0.5, 0.6) is 0 Å². The Hall–Kier alpha value is -2.87. The van der Waals surface area contributed by atoms with E-state index in [1.807, 2.05) is 32.2 Å². The van der Waals surface area contributed by atoms with E-state index in [9.17, 15) is 4.79 Å². The largest absolute Gasteiger partial charge is 0.377 e. The first-order valence-corrected chi connectivity index (χ1v) is 8.23. The molecule has 25 heavy (non-hydrogen) atoms. The lowest BCUT2D eigenvalue weighted by molar-refractivity contribution is 0.0143. The Bertz CT molecular complexity index is 895. The molecule has 0 radical (unpaired) electrons. The molecule has 0 aromatic carbocycles. The van der Waals surface area contributed by atoms with Crippen LogP contribution in [0.25, 0.3) is 11.0 Å². The number of morpholine rings is 1. The van der Waals surface area contributed by atoms with E-state index in [1.165, 1.54) is 0 Å². The third-order valence-electron chi connectivity index (χ3n) is 4.56. The molecule has 0 spiro atoms. The number of hydrogen-bond donors (Lipinski definition) is 3. The van der Waals surface area contributed by atoms with E-state index in [-0.39, 0.29) is 12.1 Å². The highest BCUT2D eigenvalue weighted by Gasteiger charge is 2.32. The molecular weight excluding hydrogens is 320 g/mol. The number of aromatic nitrogens is 4. The van der Waals surface area contributed by atoms with Crippen molar-refractivity contribution < 1.29 is 9.53 Å². The number of pyridine rings is 1. The van der Waals surface area contributed by atoms with Crippen molar-refractivity contribution in [3.05, 3.63) is 41.5 Å². The van der Waals surface area contributed by atoms with Gasteiger partial charge in [0.25, 0.3) is 0 Å². The summed E-state index contributed by atoms with van der Waals surface area (Å²) in [6.07, 6.45) is 3.48. The Balaban J connectivity index is 1.58. The molecule has 3 aromatic rings. The van der Waals surface area contributed by atoms with E-state index in [2.05, 4.69) is 25.5 Å². The quantitative estimate of drug-likeness (QED) is 0.667. The average Bonchev–Trinajstić information content (AvgIpc) is 3.21. The minimum absolute atomic E-state index is 0.156. The fourth-order valence-corrected chi connectivity index (χ4v) is 3.34. The Morgan fingerprint density at radius 2 is 2.32 bits per heavy atom. The topological polar surface area (TPSA) is 98.9 Å². The van der Waals surface area contributed by atoms with Crippen LogP contribution in [0.3, 0.4) is 0 Å². The number of carbonyl (C=O) groups is 1. The molecule has 1 aliphatic heterocycles. The monoisotopic (exact) mass is 340 g/mol. The highest BCUT2D eigenvalue weighted by Crippen LogP contribution is 2.29. The summed E-state index contributed by atoms with van der Waals surface area (Å²) in [5, 5.41) is 11.1. The van der Waals surface area contributed by atoms with Crippen LogP contribution in [0.2, 0.25) is 0 Å². The van der Waals surface area contributed by atoms with Gasteiger partial charge in [0.15, 0.2) is 0 Å². The molecule has 1 aliphatic rings. The van der Waals surface area contributed by atoms with Crippen LogP contribution >= 0.6 is 0 Å². The molecule has 3 N–H and O–H groups in total. The maximum Gasteiger partial charge on any atom is 0.322 e. The Kier molecular flexibility index (Phi) is 3.89. The van der Waals surface area contributed by atoms with Crippen molar-refractivity contribution in [2.45, 2.75) is 19.9 Å². The zero-order valence-corrected chi connectivity index (χ0v) is 14.2. The van der Waals surface area contributed by atoms with Crippen LogP contribution in [-0.4, -0.2) is 50.9 Å². The minimum Gasteiger partial charge on any atom is -0.377 e. The summed E-state index contributed by atoms with van der Waals surface area (Å²) in [6.45, 7) is 5.41. The number of rotatable bonds is 2. The number of nitrogens with zero attached hydrogens (tertiary/aromatic N) is 3. The molecule has 8 heteroatoms. The fraction of sp³-hybridized carbons (Fsp3) is 0.353. The van der Waals surface area contributed by atoms with Gasteiger partial charge in [-0.25, -0.2) is 9.78 Å². The van der Waals surface area contributed by atoms with Gasteiger partial charge in [0.05, 0.1) is 36.8 Å². The van der Waals surface area contributed by atoms with Gasteiger partial charge in [-0.05, 0) is 26.0 Å². The van der Waals surface area contributed by atoms with Crippen LogP contribution in [0.4, 0.5) is 10.5 Å². The number of H-pyrrole nitrogens is 2. The maximum absolute atomic E-state index is 12.9. The van der Waals surface area contributed by atoms with E-state index in [0.717, 1.165) is 28.0 Å². The van der Waals surface area contributed by atoms with Gasteiger partial charge in [-0.15, -0.1) is 0 Å². The Labute approximate surface area is 144 Å². The molecule has 130 valence electrons. The number of carbonyl (C=O) groups excluding carboxylic acids is 1. The van der Waals surface area contributed by atoms with E-state index >= 15 is 0 Å². The molecule has 1 saturated heterocycles. The molecule has 8 nitrogen and oxygen atoms in total. The summed E-state index contributed by atoms with van der Waals surface area (Å²) in [5.74, 6) is 0. The summed E-state index contributed by atoms with van der Waals surface area (Å²) >= 11 is 0. The highest BCUT2D eigenvalue weighted by molar-refractivity contribution is 5.92. The van der Waals surface area contributed by atoms with E-state index < -0.39 is 0 Å². The summed E-state index contributed by atoms with van der Waals surface area (Å²) in [6, 6.07) is 3.51. The van der Waals surface area contributed by atoms with Gasteiger partial charge in [0.1, 0.15) is 5.65 Å². The zero-order chi connectivity index (χ0) is 17.4. The van der Waals surface area contributed by atoms with Crippen LogP contribution in [-0.2, 0) is 4.74 Å². The number of hydrogen-bond acceptors (Lipinski definition) is 4. The molecule has 2 amide bonds. The second-order valence-electron chi connectivity index (χ2n) is 6.20. The first-order valence-electron chi connectivity index (χ1n) is 8.23. The van der Waals surface area contributed by atoms with Crippen LogP contribution < -0.4 is 5.32 Å². The molecule has 4 heterocycles. The molecule has 1 atom stereocenters. The number of nitrogens with one attached hydrogen (secondary N) is 3. The molecule has 4 rings (SSSR count). The standard InChI is InChI=1S/C17H20N6O2/c1-10-15(11(2)22-21-10)14-9-25-6-5-23(14)17(24)20-13-7-12-3-4-18-16(12)19-8-13/h3-4,7-8,14H,5-6,9H2,1-2H3,(H,18,19)(H,20,24)(H,21,22). The summed E-state index contributed by atoms with van der Waals surface area (Å²) < 4.78 is 5.61. The number of amides is 2. The predicted octanol–water partition coefficient (Wildman–Crippen LogP) is 2.51. The van der Waals surface area contributed by atoms with Gasteiger partial charge in [0.2, 0.25) is 0 Å². The number of aryl methyl sites for hydroxylation is 2. The van der Waals surface area contributed by atoms with Crippen molar-refractivity contribution in [2.24, 2.45) is 0 Å². The van der Waals surface area contributed by atoms with Gasteiger partial charge in [-0.2, -0.15) is 5.10 Å². The van der Waals surface area contributed by atoms with Crippen molar-refractivity contribution in [3.63, 3.8) is 0 Å². The van der Waals surface area contributed by atoms with E-state index in [1.54, 1.807) is 11.1 Å². The van der Waals surface area contributed by atoms with Crippen LogP contribution in [0, 0.1) is 13.8 Å². The summed E-state index contributed by atoms with van der Waals surface area (Å²) in [4.78, 5) is 22.0. The Morgan fingerprint density at radius 1 is 1.44 bits per heavy atom. The van der Waals surface area contributed by atoms with Gasteiger partial charge >= 0.3 is 6.03 Å². The normalized spacial score (nSPS) is 17.8. The molecule has 3 aromatic heterocycles. The molecule has 0 bridgehead atoms. The number of fused-ring (bicyclic) bond motifs is 1. The fourth-order valence-electron chi connectivity index (χ4n) is 3.34. The van der Waals surface area contributed by atoms with Gasteiger partial charge in [0, 0.05) is 29.4 Å². The third kappa shape index (κ3) is 2.85. The van der Waals surface area contributed by atoms with Gasteiger partial charge in [-0.1, -0.05) is 0 Å². The summed E-state index contributed by atoms with van der Waals surface area (Å²) in [5.41, 5.74) is 4.34. The first-order chi connectivity index (χ1) is 12.1. The van der Waals surface area contributed by atoms with Crippen LogP contribution in [0.1, 0.15) is 23.0 Å². The lowest BCUT2D eigenvalue weighted by Crippen LogP contribution is -2.45. The SMILES string of the molecule is Cc1n[nH]c(C)c1C1COCCN1C(=O)Nc1cnc2[nH]ccc2c1. The minimum atomic E-state index is -0.162. The second-order valence-corrected chi connectivity index (χ2v) is 6.20. The van der Waals surface area contributed by atoms with Crippen LogP contribution in [0.15, 0.2) is 24.5 Å². The number of anilines is 1. The molecule has 1 fully saturated rings. The van der Waals surface area contributed by atoms with Crippen molar-refractivity contribution in [1.82, 2.24) is 25.1 Å². The van der Waals surface area contributed by atoms with E-state index in [4.69, 9.17) is 4.74 Å². The zero-order valence-electron chi connectivity index (χ0n) is 14.2. The summed E-state index contributed by atoms with van der Waals surface area (Å²) in [7, 11) is 0. The number of aromatic amines is 2. The lowest BCUT2D eigenvalue weighted by atomic mass is 10.0. The first kappa shape index (κ1) is 15.6. The van der Waals surface area contributed by atoms with Crippen molar-refractivity contribution >= 4 is 22.8 Å². The smallest absolute Gasteiger partial charge is 0.322 e. The van der Waals surface area contributed by atoms with Crippen molar-refractivity contribution in [2.75, 3.05) is 25.1 Å². The average molecular weight is 340 g/mol. The second kappa shape index (κ2) is 6.21. The maximum atomic E-state index is 12.9. The van der Waals surface area contributed by atoms with Gasteiger partial charge < -0.3 is 19.9 Å². The third-order valence-corrected chi connectivity index (χ3v) is 4.56.